The standard InChI is InChI=1S/C18H33N3.C2H6/c1-5-7-8-14-20(4)16-17-9-11-18(12-10-17)21(6-2)15-13-19-3;1-2/h9-12,19H,5-8,13-16H2,1-4H3;1-2H3. The lowest BCUT2D eigenvalue weighted by molar-refractivity contribution is 0.318. The molecule has 0 saturated carbocycles. The number of rotatable bonds is 11. The predicted octanol–water partition coefficient (Wildman–Crippen LogP) is 4.38. The highest BCUT2D eigenvalue weighted by Crippen LogP contribution is 2.16. The van der Waals surface area contributed by atoms with Gasteiger partial charge in [-0.3, -0.25) is 0 Å². The van der Waals surface area contributed by atoms with E-state index in [1.807, 2.05) is 20.9 Å². The van der Waals surface area contributed by atoms with Crippen LogP contribution in [0.3, 0.4) is 0 Å². The average Bonchev–Trinajstić information content (AvgIpc) is 2.59. The minimum absolute atomic E-state index is 1.02. The predicted molar refractivity (Wildman–Crippen MR) is 105 cm³/mol. The van der Waals surface area contributed by atoms with E-state index in [0.717, 1.165) is 26.2 Å². The van der Waals surface area contributed by atoms with Gasteiger partial charge in [0, 0.05) is 31.9 Å². The Hall–Kier alpha value is -1.06. The molecule has 0 fully saturated rings. The number of nitrogens with one attached hydrogen (secondary N) is 1. The van der Waals surface area contributed by atoms with Gasteiger partial charge < -0.3 is 15.1 Å². The van der Waals surface area contributed by atoms with Crippen molar-refractivity contribution in [2.45, 2.75) is 53.5 Å². The molecule has 0 bridgehead atoms. The zero-order chi connectivity index (χ0) is 17.5. The summed E-state index contributed by atoms with van der Waals surface area (Å²) in [7, 11) is 4.22. The molecule has 0 aliphatic carbocycles. The molecule has 0 amide bonds. The van der Waals surface area contributed by atoms with Gasteiger partial charge in [0.1, 0.15) is 0 Å². The van der Waals surface area contributed by atoms with Crippen LogP contribution >= 0.6 is 0 Å². The summed E-state index contributed by atoms with van der Waals surface area (Å²) in [6.07, 6.45) is 3.93. The Morgan fingerprint density at radius 2 is 1.61 bits per heavy atom. The highest BCUT2D eigenvalue weighted by Gasteiger charge is 2.04. The van der Waals surface area contributed by atoms with Crippen LogP contribution in [0, 0.1) is 0 Å². The molecule has 3 nitrogen and oxygen atoms in total. The Bertz CT molecular complexity index is 362. The smallest absolute Gasteiger partial charge is 0.0366 e. The minimum Gasteiger partial charge on any atom is -0.371 e. The van der Waals surface area contributed by atoms with E-state index in [4.69, 9.17) is 0 Å². The van der Waals surface area contributed by atoms with Gasteiger partial charge in [0.05, 0.1) is 0 Å². The molecule has 1 aromatic rings. The third-order valence-corrected chi connectivity index (χ3v) is 3.91. The Labute approximate surface area is 145 Å². The summed E-state index contributed by atoms with van der Waals surface area (Å²) < 4.78 is 0. The van der Waals surface area contributed by atoms with Gasteiger partial charge in [-0.05, 0) is 51.7 Å². The first-order chi connectivity index (χ1) is 11.2. The van der Waals surface area contributed by atoms with E-state index in [1.165, 1.54) is 37.1 Å². The Morgan fingerprint density at radius 3 is 2.13 bits per heavy atom. The summed E-state index contributed by atoms with van der Waals surface area (Å²) in [5.74, 6) is 0. The first kappa shape index (κ1) is 21.9. The topological polar surface area (TPSA) is 18.5 Å². The maximum Gasteiger partial charge on any atom is 0.0366 e. The van der Waals surface area contributed by atoms with E-state index < -0.39 is 0 Å². The summed E-state index contributed by atoms with van der Waals surface area (Å²) in [5, 5.41) is 3.22. The van der Waals surface area contributed by atoms with Crippen LogP contribution in [0.25, 0.3) is 0 Å². The van der Waals surface area contributed by atoms with Crippen molar-refractivity contribution in [1.82, 2.24) is 10.2 Å². The lowest BCUT2D eigenvalue weighted by atomic mass is 10.1. The molecule has 0 heterocycles. The lowest BCUT2D eigenvalue weighted by Crippen LogP contribution is -2.30. The largest absolute Gasteiger partial charge is 0.371 e. The van der Waals surface area contributed by atoms with Crippen molar-refractivity contribution in [3.63, 3.8) is 0 Å². The number of hydrogen-bond acceptors (Lipinski definition) is 3. The molecule has 0 atom stereocenters. The summed E-state index contributed by atoms with van der Waals surface area (Å²) in [6, 6.07) is 9.06. The molecule has 3 heteroatoms. The highest BCUT2D eigenvalue weighted by atomic mass is 15.1. The van der Waals surface area contributed by atoms with Gasteiger partial charge in [-0.25, -0.2) is 0 Å². The quantitative estimate of drug-likeness (QED) is 0.610. The van der Waals surface area contributed by atoms with Gasteiger partial charge in [0.2, 0.25) is 0 Å². The summed E-state index contributed by atoms with van der Waals surface area (Å²) in [5.41, 5.74) is 2.73. The van der Waals surface area contributed by atoms with Gasteiger partial charge in [-0.15, -0.1) is 0 Å². The fourth-order valence-electron chi connectivity index (χ4n) is 2.55. The fourth-order valence-corrected chi connectivity index (χ4v) is 2.55. The van der Waals surface area contributed by atoms with Gasteiger partial charge in [-0.1, -0.05) is 45.7 Å². The van der Waals surface area contributed by atoms with Crippen molar-refractivity contribution in [2.75, 3.05) is 45.2 Å². The van der Waals surface area contributed by atoms with Crippen LogP contribution < -0.4 is 10.2 Å². The fraction of sp³-hybridized carbons (Fsp3) is 0.700. The van der Waals surface area contributed by atoms with E-state index in [0.29, 0.717) is 0 Å². The molecular weight excluding hydrogens is 282 g/mol. The molecule has 0 aromatic heterocycles. The SMILES string of the molecule is CC.CCCCCN(C)Cc1ccc(N(CC)CCNC)cc1. The molecule has 0 saturated heterocycles. The summed E-state index contributed by atoms with van der Waals surface area (Å²) >= 11 is 0. The van der Waals surface area contributed by atoms with Crippen molar-refractivity contribution in [3.8, 4) is 0 Å². The van der Waals surface area contributed by atoms with Crippen molar-refractivity contribution in [1.29, 1.82) is 0 Å². The van der Waals surface area contributed by atoms with Crippen molar-refractivity contribution in [2.24, 2.45) is 0 Å². The van der Waals surface area contributed by atoms with Crippen molar-refractivity contribution >= 4 is 5.69 Å². The van der Waals surface area contributed by atoms with Gasteiger partial charge in [0.15, 0.2) is 0 Å². The Balaban J connectivity index is 0.00000232. The molecule has 0 aliphatic heterocycles. The highest BCUT2D eigenvalue weighted by molar-refractivity contribution is 5.47. The summed E-state index contributed by atoms with van der Waals surface area (Å²) in [4.78, 5) is 4.83. The van der Waals surface area contributed by atoms with Crippen LogP contribution in [0.15, 0.2) is 24.3 Å². The molecule has 1 N–H and O–H groups in total. The van der Waals surface area contributed by atoms with Crippen LogP contribution in [0.2, 0.25) is 0 Å². The number of unbranched alkanes of at least 4 members (excludes halogenated alkanes) is 2. The lowest BCUT2D eigenvalue weighted by Gasteiger charge is -2.23. The van der Waals surface area contributed by atoms with E-state index in [2.05, 4.69) is 60.3 Å². The number of hydrogen-bond donors (Lipinski definition) is 1. The molecule has 0 aliphatic rings. The van der Waals surface area contributed by atoms with E-state index in [-0.39, 0.29) is 0 Å². The molecule has 1 rings (SSSR count). The van der Waals surface area contributed by atoms with Crippen molar-refractivity contribution < 1.29 is 0 Å². The second-order valence-corrected chi connectivity index (χ2v) is 5.79. The zero-order valence-electron chi connectivity index (χ0n) is 16.4. The van der Waals surface area contributed by atoms with Crippen molar-refractivity contribution in [3.05, 3.63) is 29.8 Å². The molecule has 134 valence electrons. The molecule has 0 radical (unpaired) electrons. The number of benzene rings is 1. The molecule has 23 heavy (non-hydrogen) atoms. The maximum atomic E-state index is 3.22. The minimum atomic E-state index is 1.02. The van der Waals surface area contributed by atoms with E-state index >= 15 is 0 Å². The summed E-state index contributed by atoms with van der Waals surface area (Å²) in [6.45, 7) is 13.8. The molecule has 0 unspecified atom stereocenters. The third-order valence-electron chi connectivity index (χ3n) is 3.91. The first-order valence-corrected chi connectivity index (χ1v) is 9.38. The van der Waals surface area contributed by atoms with E-state index in [1.54, 1.807) is 0 Å². The van der Waals surface area contributed by atoms with Crippen LogP contribution in [0.1, 0.15) is 52.5 Å². The van der Waals surface area contributed by atoms with E-state index in [9.17, 15) is 0 Å². The molecule has 0 spiro atoms. The Kier molecular flexibility index (Phi) is 13.9. The third kappa shape index (κ3) is 9.62. The Morgan fingerprint density at radius 1 is 0.957 bits per heavy atom. The van der Waals surface area contributed by atoms with Crippen LogP contribution in [-0.4, -0.2) is 45.2 Å². The van der Waals surface area contributed by atoms with Gasteiger partial charge >= 0.3 is 0 Å². The second-order valence-electron chi connectivity index (χ2n) is 5.79. The zero-order valence-corrected chi connectivity index (χ0v) is 16.4. The number of nitrogens with zero attached hydrogens (tertiary/aromatic N) is 2. The van der Waals surface area contributed by atoms with Crippen LogP contribution in [0.5, 0.6) is 0 Å². The molecule has 1 aromatic carbocycles. The van der Waals surface area contributed by atoms with Gasteiger partial charge in [-0.2, -0.15) is 0 Å². The first-order valence-electron chi connectivity index (χ1n) is 9.38. The van der Waals surface area contributed by atoms with Gasteiger partial charge in [0.25, 0.3) is 0 Å². The second kappa shape index (κ2) is 14.5. The van der Waals surface area contributed by atoms with Crippen LogP contribution in [-0.2, 0) is 6.54 Å². The number of anilines is 1. The normalized spacial score (nSPS) is 10.4. The monoisotopic (exact) mass is 321 g/mol. The van der Waals surface area contributed by atoms with Crippen LogP contribution in [0.4, 0.5) is 5.69 Å². The maximum absolute atomic E-state index is 3.22. The number of likely N-dealkylation sites (N-methyl/N-ethyl adjacent to an activating group) is 2. The molecular formula is C20H39N3. The average molecular weight is 322 g/mol.